The highest BCUT2D eigenvalue weighted by Gasteiger charge is 2.36. The molecule has 1 aliphatic carbocycles. The van der Waals surface area contributed by atoms with E-state index in [9.17, 15) is 34.2 Å². The van der Waals surface area contributed by atoms with Crippen LogP contribution in [0.25, 0.3) is 44.2 Å². The number of carboxylic acids is 1. The summed E-state index contributed by atoms with van der Waals surface area (Å²) in [6, 6.07) is 10.2. The van der Waals surface area contributed by atoms with Gasteiger partial charge in [0.15, 0.2) is 16.8 Å². The van der Waals surface area contributed by atoms with Crippen LogP contribution in [-0.2, 0) is 20.8 Å². The molecule has 222 valence electrons. The third-order valence-corrected chi connectivity index (χ3v) is 8.08. The molecule has 3 aliphatic rings. The molecule has 2 aliphatic heterocycles. The lowest BCUT2D eigenvalue weighted by atomic mass is 9.84. The SMILES string of the molecule is CCc1cc2c(-c3c(C)cc(C(=O)ON4C(=O)CCC4=O)c(Cl)c3C(=O)O)c3c(oc-2cc1=O)c(F)c(O)c1ccccc13. The van der Waals surface area contributed by atoms with Crippen LogP contribution in [0.1, 0.15) is 51.6 Å². The van der Waals surface area contributed by atoms with Crippen LogP contribution >= 0.6 is 11.6 Å². The summed E-state index contributed by atoms with van der Waals surface area (Å²) < 4.78 is 21.7. The Balaban J connectivity index is 1.75. The quantitative estimate of drug-likeness (QED) is 0.137. The fourth-order valence-corrected chi connectivity index (χ4v) is 5.94. The summed E-state index contributed by atoms with van der Waals surface area (Å²) in [6.45, 7) is 3.25. The van der Waals surface area contributed by atoms with Crippen LogP contribution in [0.2, 0.25) is 5.02 Å². The van der Waals surface area contributed by atoms with Crippen LogP contribution in [0, 0.1) is 12.7 Å². The van der Waals surface area contributed by atoms with Crippen molar-refractivity contribution in [1.82, 2.24) is 5.06 Å². The Labute approximate surface area is 252 Å². The molecule has 0 spiro atoms. The number of benzene rings is 4. The number of aromatic hydroxyl groups is 1. The lowest BCUT2D eigenvalue weighted by molar-refractivity contribution is -0.172. The summed E-state index contributed by atoms with van der Waals surface area (Å²) in [6.07, 6.45) is 0.0196. The molecule has 3 aromatic rings. The summed E-state index contributed by atoms with van der Waals surface area (Å²) in [5, 5.41) is 21.4. The monoisotopic (exact) mass is 617 g/mol. The van der Waals surface area contributed by atoms with Gasteiger partial charge in [0.1, 0.15) is 5.76 Å². The van der Waals surface area contributed by atoms with Crippen molar-refractivity contribution in [2.45, 2.75) is 33.1 Å². The molecule has 2 amide bonds. The molecular weight excluding hydrogens is 597 g/mol. The molecule has 0 bridgehead atoms. The number of halogens is 2. The van der Waals surface area contributed by atoms with Gasteiger partial charge in [-0.2, -0.15) is 4.39 Å². The van der Waals surface area contributed by atoms with Gasteiger partial charge in [-0.25, -0.2) is 9.59 Å². The molecule has 6 rings (SSSR count). The first-order valence-corrected chi connectivity index (χ1v) is 13.8. The average molecular weight is 618 g/mol. The van der Waals surface area contributed by atoms with Gasteiger partial charge in [0.2, 0.25) is 5.82 Å². The molecule has 44 heavy (non-hydrogen) atoms. The zero-order chi connectivity index (χ0) is 31.6. The molecule has 0 saturated carbocycles. The Kier molecular flexibility index (Phi) is 6.85. The molecule has 0 aromatic heterocycles. The van der Waals surface area contributed by atoms with Crippen LogP contribution in [-0.4, -0.2) is 39.0 Å². The largest absolute Gasteiger partial charge is 0.504 e. The van der Waals surface area contributed by atoms with Gasteiger partial charge in [0, 0.05) is 51.9 Å². The Morgan fingerprint density at radius 2 is 1.70 bits per heavy atom. The molecule has 2 N–H and O–H groups in total. The topological polar surface area (TPSA) is 151 Å². The highest BCUT2D eigenvalue weighted by molar-refractivity contribution is 6.37. The van der Waals surface area contributed by atoms with Crippen molar-refractivity contribution in [2.24, 2.45) is 0 Å². The van der Waals surface area contributed by atoms with Gasteiger partial charge < -0.3 is 19.5 Å². The van der Waals surface area contributed by atoms with Gasteiger partial charge in [-0.1, -0.05) is 42.8 Å². The number of hydrogen-bond acceptors (Lipinski definition) is 8. The van der Waals surface area contributed by atoms with E-state index in [-0.39, 0.29) is 51.6 Å². The normalized spacial score (nSPS) is 13.4. The number of phenols is 1. The number of hydrogen-bond donors (Lipinski definition) is 2. The molecular formula is C32H21ClFNO9. The number of nitrogens with zero attached hydrogens (tertiary/aromatic N) is 1. The average Bonchev–Trinajstić information content (AvgIpc) is 3.31. The molecule has 3 aromatic carbocycles. The maximum atomic E-state index is 15.8. The Morgan fingerprint density at radius 1 is 1.05 bits per heavy atom. The molecule has 0 atom stereocenters. The summed E-state index contributed by atoms with van der Waals surface area (Å²) >= 11 is 6.59. The van der Waals surface area contributed by atoms with Crippen LogP contribution in [0.5, 0.6) is 5.75 Å². The molecule has 1 fully saturated rings. The summed E-state index contributed by atoms with van der Waals surface area (Å²) in [4.78, 5) is 67.8. The van der Waals surface area contributed by atoms with Gasteiger partial charge in [-0.05, 0) is 36.4 Å². The zero-order valence-electron chi connectivity index (χ0n) is 23.1. The third-order valence-electron chi connectivity index (χ3n) is 7.69. The van der Waals surface area contributed by atoms with Crippen molar-refractivity contribution in [3.63, 3.8) is 0 Å². The lowest BCUT2D eigenvalue weighted by Crippen LogP contribution is -2.32. The maximum Gasteiger partial charge on any atom is 0.365 e. The summed E-state index contributed by atoms with van der Waals surface area (Å²) in [5.74, 6) is -6.18. The first-order chi connectivity index (χ1) is 20.9. The number of carbonyl (C=O) groups excluding carboxylic acids is 3. The number of aryl methyl sites for hydroxylation is 2. The first-order valence-electron chi connectivity index (χ1n) is 13.4. The number of rotatable bonds is 5. The predicted molar refractivity (Wildman–Crippen MR) is 156 cm³/mol. The van der Waals surface area contributed by atoms with Crippen LogP contribution in [0.3, 0.4) is 0 Å². The predicted octanol–water partition coefficient (Wildman–Crippen LogP) is 6.01. The highest BCUT2D eigenvalue weighted by Crippen LogP contribution is 2.49. The zero-order valence-corrected chi connectivity index (χ0v) is 23.9. The van der Waals surface area contributed by atoms with Crippen molar-refractivity contribution >= 4 is 57.1 Å². The maximum absolute atomic E-state index is 15.8. The smallest absolute Gasteiger partial charge is 0.365 e. The van der Waals surface area contributed by atoms with Gasteiger partial charge in [-0.15, -0.1) is 5.06 Å². The van der Waals surface area contributed by atoms with E-state index in [1.807, 2.05) is 0 Å². The molecule has 2 heterocycles. The molecule has 0 unspecified atom stereocenters. The molecule has 12 heteroatoms. The Morgan fingerprint density at radius 3 is 2.34 bits per heavy atom. The highest BCUT2D eigenvalue weighted by atomic mass is 35.5. The van der Waals surface area contributed by atoms with Crippen LogP contribution < -0.4 is 5.43 Å². The van der Waals surface area contributed by atoms with Gasteiger partial charge in [0.25, 0.3) is 11.8 Å². The van der Waals surface area contributed by atoms with Gasteiger partial charge >= 0.3 is 11.9 Å². The van der Waals surface area contributed by atoms with Crippen molar-refractivity contribution in [2.75, 3.05) is 0 Å². The second-order valence-electron chi connectivity index (χ2n) is 10.3. The summed E-state index contributed by atoms with van der Waals surface area (Å²) in [5.41, 5.74) is -0.905. The number of phenolic OH excluding ortho intramolecular Hbond substituents is 1. The minimum atomic E-state index is -1.56. The number of imide groups is 1. The van der Waals surface area contributed by atoms with E-state index >= 15 is 4.39 Å². The van der Waals surface area contributed by atoms with E-state index in [2.05, 4.69) is 0 Å². The van der Waals surface area contributed by atoms with Crippen molar-refractivity contribution in [1.29, 1.82) is 0 Å². The number of carbonyl (C=O) groups is 4. The molecule has 0 radical (unpaired) electrons. The number of hydroxylamine groups is 2. The Hall–Kier alpha value is -5.29. The fraction of sp³-hybridized carbons (Fsp3) is 0.156. The third kappa shape index (κ3) is 4.27. The number of carboxylic acid groups (broad SMARTS) is 1. The second kappa shape index (κ2) is 10.5. The molecule has 10 nitrogen and oxygen atoms in total. The van der Waals surface area contributed by atoms with Crippen molar-refractivity contribution < 1.29 is 43.0 Å². The van der Waals surface area contributed by atoms with Gasteiger partial charge in [0.05, 0.1) is 16.1 Å². The van der Waals surface area contributed by atoms with E-state index in [4.69, 9.17) is 20.9 Å². The van der Waals surface area contributed by atoms with Crippen molar-refractivity contribution in [3.8, 4) is 28.2 Å². The minimum absolute atomic E-state index is 0.0193. The van der Waals surface area contributed by atoms with E-state index in [0.29, 0.717) is 22.4 Å². The van der Waals surface area contributed by atoms with E-state index < -0.39 is 62.5 Å². The molecule has 1 saturated heterocycles. The lowest BCUT2D eigenvalue weighted by Gasteiger charge is -2.22. The number of fused-ring (bicyclic) bond motifs is 4. The van der Waals surface area contributed by atoms with Gasteiger partial charge in [-0.3, -0.25) is 14.4 Å². The van der Waals surface area contributed by atoms with Crippen molar-refractivity contribution in [3.05, 3.63) is 85.8 Å². The van der Waals surface area contributed by atoms with Crippen LogP contribution in [0.15, 0.2) is 51.7 Å². The standard InChI is InChI=1S/C32H21ClFNO9/c1-3-14-11-17-20(12-19(14)36)43-30-25(15-6-4-5-7-16(15)29(39)28(30)34)24(17)23-13(2)10-18(27(33)26(23)31(40)41)32(42)44-35-21(37)8-9-22(35)38/h4-7,10-12,39H,3,8-9H2,1-2H3,(H,40,41). The minimum Gasteiger partial charge on any atom is -0.504 e. The van der Waals surface area contributed by atoms with E-state index in [1.165, 1.54) is 25.1 Å². The van der Waals surface area contributed by atoms with E-state index in [0.717, 1.165) is 6.07 Å². The fourth-order valence-electron chi connectivity index (χ4n) is 5.63. The second-order valence-corrected chi connectivity index (χ2v) is 10.6. The number of amides is 2. The van der Waals surface area contributed by atoms with E-state index in [1.54, 1.807) is 25.1 Å². The Bertz CT molecular complexity index is 2140. The summed E-state index contributed by atoms with van der Waals surface area (Å²) in [7, 11) is 0. The number of aromatic carboxylic acids is 1. The first kappa shape index (κ1) is 28.8. The van der Waals surface area contributed by atoms with Crippen LogP contribution in [0.4, 0.5) is 4.39 Å².